The van der Waals surface area contributed by atoms with Gasteiger partial charge in [0.25, 0.3) is 0 Å². The molecule has 1 heterocycles. The first-order chi connectivity index (χ1) is 6.84. The maximum atomic E-state index is 9.42. The molecule has 2 rings (SSSR count). The molecule has 0 unspecified atom stereocenters. The van der Waals surface area contributed by atoms with Crippen LogP contribution in [0.25, 0.3) is 0 Å². The van der Waals surface area contributed by atoms with Gasteiger partial charge in [-0.1, -0.05) is 0 Å². The average molecular weight is 215 g/mol. The van der Waals surface area contributed by atoms with Gasteiger partial charge in [-0.05, 0) is 31.6 Å². The van der Waals surface area contributed by atoms with Crippen molar-refractivity contribution in [3.63, 3.8) is 0 Å². The maximum Gasteiger partial charge on any atom is 0.0540 e. The first kappa shape index (κ1) is 10.8. The Kier molecular flexibility index (Phi) is 4.14. The van der Waals surface area contributed by atoms with E-state index in [9.17, 15) is 5.11 Å². The lowest BCUT2D eigenvalue weighted by molar-refractivity contribution is 0.0954. The molecule has 0 aromatic heterocycles. The molecule has 2 nitrogen and oxygen atoms in total. The van der Waals surface area contributed by atoms with E-state index in [0.717, 1.165) is 18.8 Å². The summed E-state index contributed by atoms with van der Waals surface area (Å²) in [6.45, 7) is 3.85. The Morgan fingerprint density at radius 2 is 1.71 bits per heavy atom. The maximum absolute atomic E-state index is 9.42. The van der Waals surface area contributed by atoms with Crippen LogP contribution in [0.2, 0.25) is 0 Å². The number of thioether (sulfide) groups is 1. The summed E-state index contributed by atoms with van der Waals surface area (Å²) in [7, 11) is 0. The Bertz CT molecular complexity index is 163. The zero-order valence-corrected chi connectivity index (χ0v) is 9.64. The third-order valence-corrected chi connectivity index (χ3v) is 4.38. The number of hydrogen-bond acceptors (Lipinski definition) is 3. The van der Waals surface area contributed by atoms with E-state index < -0.39 is 0 Å². The molecule has 1 saturated heterocycles. The largest absolute Gasteiger partial charge is 0.393 e. The van der Waals surface area contributed by atoms with E-state index >= 15 is 0 Å². The predicted octanol–water partition coefficient (Wildman–Crippen LogP) is 1.59. The van der Waals surface area contributed by atoms with Crippen molar-refractivity contribution >= 4 is 11.8 Å². The van der Waals surface area contributed by atoms with Crippen LogP contribution in [0, 0.1) is 5.92 Å². The van der Waals surface area contributed by atoms with Crippen LogP contribution >= 0.6 is 11.8 Å². The van der Waals surface area contributed by atoms with Crippen molar-refractivity contribution in [3.05, 3.63) is 0 Å². The third-order valence-electron chi connectivity index (χ3n) is 3.44. The molecule has 1 N–H and O–H groups in total. The Balaban J connectivity index is 1.68. The first-order valence-electron chi connectivity index (χ1n) is 5.83. The van der Waals surface area contributed by atoms with Crippen molar-refractivity contribution in [2.45, 2.75) is 31.8 Å². The molecule has 1 saturated carbocycles. The fourth-order valence-electron chi connectivity index (χ4n) is 2.48. The Hall–Kier alpha value is 0.270. The van der Waals surface area contributed by atoms with Crippen LogP contribution in [0.5, 0.6) is 0 Å². The lowest BCUT2D eigenvalue weighted by Crippen LogP contribution is -2.37. The predicted molar refractivity (Wildman–Crippen MR) is 61.7 cm³/mol. The number of aliphatic hydroxyl groups is 1. The zero-order chi connectivity index (χ0) is 9.80. The molecule has 0 bridgehead atoms. The van der Waals surface area contributed by atoms with Crippen molar-refractivity contribution < 1.29 is 5.11 Å². The minimum absolute atomic E-state index is 0.00293. The van der Waals surface area contributed by atoms with Crippen LogP contribution in [0.15, 0.2) is 0 Å². The van der Waals surface area contributed by atoms with Crippen LogP contribution in [-0.2, 0) is 0 Å². The van der Waals surface area contributed by atoms with Crippen LogP contribution in [0.4, 0.5) is 0 Å². The van der Waals surface area contributed by atoms with Crippen LogP contribution < -0.4 is 0 Å². The van der Waals surface area contributed by atoms with E-state index in [1.807, 2.05) is 0 Å². The summed E-state index contributed by atoms with van der Waals surface area (Å²) in [6.07, 6.45) is 4.55. The fourth-order valence-corrected chi connectivity index (χ4v) is 3.46. The highest BCUT2D eigenvalue weighted by molar-refractivity contribution is 7.99. The fraction of sp³-hybridized carbons (Fsp3) is 1.00. The molecule has 0 radical (unpaired) electrons. The van der Waals surface area contributed by atoms with Gasteiger partial charge in [0.1, 0.15) is 0 Å². The average Bonchev–Trinajstić information content (AvgIpc) is 2.23. The Labute approximate surface area is 91.1 Å². The summed E-state index contributed by atoms with van der Waals surface area (Å²) in [5.74, 6) is 3.49. The van der Waals surface area contributed by atoms with Gasteiger partial charge in [-0.25, -0.2) is 0 Å². The normalized spacial score (nSPS) is 35.8. The quantitative estimate of drug-likeness (QED) is 0.756. The van der Waals surface area contributed by atoms with E-state index in [1.54, 1.807) is 0 Å². The van der Waals surface area contributed by atoms with Crippen molar-refractivity contribution in [1.29, 1.82) is 0 Å². The van der Waals surface area contributed by atoms with Gasteiger partial charge in [0.15, 0.2) is 0 Å². The van der Waals surface area contributed by atoms with E-state index in [2.05, 4.69) is 16.7 Å². The molecule has 1 aliphatic carbocycles. The summed E-state index contributed by atoms with van der Waals surface area (Å²) in [6, 6.07) is 0. The summed E-state index contributed by atoms with van der Waals surface area (Å²) >= 11 is 2.08. The second-order valence-electron chi connectivity index (χ2n) is 4.59. The molecule has 0 atom stereocenters. The Morgan fingerprint density at radius 1 is 1.07 bits per heavy atom. The van der Waals surface area contributed by atoms with Gasteiger partial charge in [0.05, 0.1) is 6.10 Å². The van der Waals surface area contributed by atoms with Crippen LogP contribution in [-0.4, -0.2) is 47.3 Å². The van der Waals surface area contributed by atoms with Crippen molar-refractivity contribution in [1.82, 2.24) is 4.90 Å². The lowest BCUT2D eigenvalue weighted by Gasteiger charge is -2.33. The molecule has 0 aromatic carbocycles. The van der Waals surface area contributed by atoms with Crippen LogP contribution in [0.1, 0.15) is 25.7 Å². The molecule has 0 spiro atoms. The van der Waals surface area contributed by atoms with Gasteiger partial charge >= 0.3 is 0 Å². The van der Waals surface area contributed by atoms with Gasteiger partial charge in [-0.15, -0.1) is 0 Å². The first-order valence-corrected chi connectivity index (χ1v) is 6.98. The standard InChI is InChI=1S/C11H21NOS/c13-11-3-1-10(2-4-11)9-12-5-7-14-8-6-12/h10-11,13H,1-9H2. The summed E-state index contributed by atoms with van der Waals surface area (Å²) in [5.41, 5.74) is 0. The van der Waals surface area contributed by atoms with Crippen molar-refractivity contribution in [2.24, 2.45) is 5.92 Å². The second-order valence-corrected chi connectivity index (χ2v) is 5.81. The third kappa shape index (κ3) is 3.14. The SMILES string of the molecule is OC1CCC(CN2CCSCC2)CC1. The molecule has 14 heavy (non-hydrogen) atoms. The number of rotatable bonds is 2. The summed E-state index contributed by atoms with van der Waals surface area (Å²) in [4.78, 5) is 2.61. The molecular formula is C11H21NOS. The van der Waals surface area contributed by atoms with E-state index in [-0.39, 0.29) is 6.10 Å². The molecule has 3 heteroatoms. The smallest absolute Gasteiger partial charge is 0.0540 e. The van der Waals surface area contributed by atoms with Gasteiger partial charge < -0.3 is 10.0 Å². The highest BCUT2D eigenvalue weighted by Crippen LogP contribution is 2.25. The van der Waals surface area contributed by atoms with Crippen LogP contribution in [0.3, 0.4) is 0 Å². The molecule has 0 amide bonds. The van der Waals surface area contributed by atoms with E-state index in [4.69, 9.17) is 0 Å². The molecule has 2 fully saturated rings. The minimum atomic E-state index is 0.00293. The zero-order valence-electron chi connectivity index (χ0n) is 8.82. The summed E-state index contributed by atoms with van der Waals surface area (Å²) < 4.78 is 0. The van der Waals surface area contributed by atoms with Crippen molar-refractivity contribution in [3.8, 4) is 0 Å². The number of nitrogens with zero attached hydrogens (tertiary/aromatic N) is 1. The highest BCUT2D eigenvalue weighted by Gasteiger charge is 2.22. The van der Waals surface area contributed by atoms with Gasteiger partial charge in [0, 0.05) is 31.1 Å². The van der Waals surface area contributed by atoms with Gasteiger partial charge in [0.2, 0.25) is 0 Å². The van der Waals surface area contributed by atoms with E-state index in [1.165, 1.54) is 44.0 Å². The topological polar surface area (TPSA) is 23.5 Å². The second kappa shape index (κ2) is 5.38. The summed E-state index contributed by atoms with van der Waals surface area (Å²) in [5, 5.41) is 9.42. The molecule has 2 aliphatic rings. The molecule has 0 aromatic rings. The monoisotopic (exact) mass is 215 g/mol. The molecule has 1 aliphatic heterocycles. The van der Waals surface area contributed by atoms with E-state index in [0.29, 0.717) is 0 Å². The molecular weight excluding hydrogens is 194 g/mol. The number of hydrogen-bond donors (Lipinski definition) is 1. The molecule has 82 valence electrons. The number of aliphatic hydroxyl groups excluding tert-OH is 1. The lowest BCUT2D eigenvalue weighted by atomic mass is 9.87. The van der Waals surface area contributed by atoms with Gasteiger partial charge in [-0.3, -0.25) is 0 Å². The van der Waals surface area contributed by atoms with Gasteiger partial charge in [-0.2, -0.15) is 11.8 Å². The highest BCUT2D eigenvalue weighted by atomic mass is 32.2. The Morgan fingerprint density at radius 3 is 2.36 bits per heavy atom. The van der Waals surface area contributed by atoms with Crippen molar-refractivity contribution in [2.75, 3.05) is 31.1 Å². The minimum Gasteiger partial charge on any atom is -0.393 e.